The van der Waals surface area contributed by atoms with Crippen LogP contribution in [0.4, 0.5) is 10.6 Å². The van der Waals surface area contributed by atoms with Crippen LogP contribution in [0, 0.1) is 11.3 Å². The van der Waals surface area contributed by atoms with Crippen molar-refractivity contribution in [1.29, 1.82) is 5.26 Å². The van der Waals surface area contributed by atoms with Gasteiger partial charge in [0.05, 0.1) is 5.69 Å². The Morgan fingerprint density at radius 1 is 1.37 bits per heavy atom. The number of nitriles is 1. The van der Waals surface area contributed by atoms with Crippen molar-refractivity contribution in [2.75, 3.05) is 12.3 Å². The molecule has 0 radical (unpaired) electrons. The van der Waals surface area contributed by atoms with Gasteiger partial charge < -0.3 is 30.2 Å². The molecule has 3 heterocycles. The van der Waals surface area contributed by atoms with Crippen molar-refractivity contribution in [3.8, 4) is 6.07 Å². The lowest BCUT2D eigenvalue weighted by atomic mass is 9.96. The van der Waals surface area contributed by atoms with Crippen molar-refractivity contribution in [2.45, 2.75) is 62.1 Å². The van der Waals surface area contributed by atoms with Gasteiger partial charge in [-0.1, -0.05) is 6.42 Å². The molecule has 11 heteroatoms. The number of aromatic nitrogens is 3. The second kappa shape index (κ2) is 8.06. The zero-order valence-electron chi connectivity index (χ0n) is 16.2. The van der Waals surface area contributed by atoms with Crippen LogP contribution < -0.4 is 5.73 Å². The van der Waals surface area contributed by atoms with E-state index in [1.54, 1.807) is 12.1 Å². The highest BCUT2D eigenvalue weighted by molar-refractivity contribution is 5.65. The number of hydrogen-bond donors (Lipinski definition) is 3. The average Bonchev–Trinajstić information content (AvgIpc) is 3.29. The fraction of sp³-hybridized carbons (Fsp3) is 0.579. The Hall–Kier alpha value is -2.94. The summed E-state index contributed by atoms with van der Waals surface area (Å²) in [5.74, 6) is 0.227. The van der Waals surface area contributed by atoms with Gasteiger partial charge in [-0.25, -0.2) is 14.3 Å². The van der Waals surface area contributed by atoms with Crippen molar-refractivity contribution < 1.29 is 29.2 Å². The monoisotopic (exact) mass is 417 g/mol. The van der Waals surface area contributed by atoms with Crippen molar-refractivity contribution in [3.63, 3.8) is 0 Å². The Morgan fingerprint density at radius 2 is 2.13 bits per heavy atom. The van der Waals surface area contributed by atoms with Gasteiger partial charge in [0.25, 0.3) is 0 Å². The van der Waals surface area contributed by atoms with E-state index >= 15 is 0 Å². The number of anilines is 1. The first-order valence-corrected chi connectivity index (χ1v) is 9.82. The van der Waals surface area contributed by atoms with E-state index in [1.807, 2.05) is 6.07 Å². The number of hydrogen-bond acceptors (Lipinski definition) is 10. The van der Waals surface area contributed by atoms with Crippen LogP contribution in [0.25, 0.3) is 5.52 Å². The van der Waals surface area contributed by atoms with Crippen LogP contribution >= 0.6 is 0 Å². The molecule has 0 bridgehead atoms. The number of rotatable bonds is 4. The third-order valence-corrected chi connectivity index (χ3v) is 5.66. The van der Waals surface area contributed by atoms with E-state index in [4.69, 9.17) is 19.9 Å². The van der Waals surface area contributed by atoms with Crippen molar-refractivity contribution >= 4 is 17.5 Å². The van der Waals surface area contributed by atoms with Gasteiger partial charge >= 0.3 is 6.16 Å². The minimum Gasteiger partial charge on any atom is -0.431 e. The molecular weight excluding hydrogens is 394 g/mol. The first kappa shape index (κ1) is 20.3. The van der Waals surface area contributed by atoms with E-state index in [1.165, 1.54) is 10.8 Å². The molecule has 0 spiro atoms. The molecular formula is C19H23N5O6. The number of nitrogen functional groups attached to an aromatic ring is 1. The quantitative estimate of drug-likeness (QED) is 0.607. The van der Waals surface area contributed by atoms with Gasteiger partial charge in [-0.15, -0.1) is 0 Å². The Labute approximate surface area is 172 Å². The average molecular weight is 417 g/mol. The number of nitrogens with zero attached hydrogens (tertiary/aromatic N) is 4. The number of carbonyl (C=O) groups is 1. The van der Waals surface area contributed by atoms with E-state index in [9.17, 15) is 20.3 Å². The first-order valence-electron chi connectivity index (χ1n) is 9.82. The van der Waals surface area contributed by atoms with Gasteiger partial charge in [0, 0.05) is 0 Å². The molecule has 4 rings (SSSR count). The van der Waals surface area contributed by atoms with Gasteiger partial charge in [0.2, 0.25) is 5.60 Å². The summed E-state index contributed by atoms with van der Waals surface area (Å²) in [4.78, 5) is 15.9. The Kier molecular flexibility index (Phi) is 5.46. The van der Waals surface area contributed by atoms with Gasteiger partial charge in [-0.05, 0) is 37.8 Å². The first-order chi connectivity index (χ1) is 14.4. The van der Waals surface area contributed by atoms with E-state index in [0.29, 0.717) is 11.2 Å². The molecule has 1 saturated carbocycles. The molecule has 160 valence electrons. The largest absolute Gasteiger partial charge is 0.508 e. The number of fused-ring (bicyclic) bond motifs is 1. The Balaban J connectivity index is 1.49. The van der Waals surface area contributed by atoms with Crippen LogP contribution in [0.3, 0.4) is 0 Å². The van der Waals surface area contributed by atoms with Crippen LogP contribution in [0.5, 0.6) is 0 Å². The molecule has 2 fully saturated rings. The van der Waals surface area contributed by atoms with E-state index in [2.05, 4.69) is 10.1 Å². The molecule has 2 aromatic rings. The second-order valence-electron chi connectivity index (χ2n) is 7.59. The van der Waals surface area contributed by atoms with Crippen LogP contribution in [0.2, 0.25) is 0 Å². The molecule has 30 heavy (non-hydrogen) atoms. The van der Waals surface area contributed by atoms with E-state index in [0.717, 1.165) is 32.1 Å². The Bertz CT molecular complexity index is 968. The number of aliphatic hydroxyl groups is 2. The highest BCUT2D eigenvalue weighted by Crippen LogP contribution is 2.40. The fourth-order valence-electron chi connectivity index (χ4n) is 3.99. The normalized spacial score (nSPS) is 29.6. The lowest BCUT2D eigenvalue weighted by Gasteiger charge is -2.25. The molecule has 4 atom stereocenters. The predicted octanol–water partition coefficient (Wildman–Crippen LogP) is 0.853. The minimum atomic E-state index is -1.96. The fourth-order valence-corrected chi connectivity index (χ4v) is 3.99. The summed E-state index contributed by atoms with van der Waals surface area (Å²) in [5, 5.41) is 34.9. The summed E-state index contributed by atoms with van der Waals surface area (Å²) in [5.41, 5.74) is 4.71. The molecule has 0 amide bonds. The minimum absolute atomic E-state index is 0.214. The van der Waals surface area contributed by atoms with E-state index in [-0.39, 0.29) is 11.9 Å². The van der Waals surface area contributed by atoms with Crippen LogP contribution in [-0.2, 0) is 14.2 Å². The molecule has 1 aliphatic heterocycles. The molecule has 2 aromatic heterocycles. The van der Waals surface area contributed by atoms with Crippen molar-refractivity contribution in [1.82, 2.24) is 14.6 Å². The third-order valence-electron chi connectivity index (χ3n) is 5.66. The maximum atomic E-state index is 12.0. The molecule has 1 saturated heterocycles. The molecule has 4 N–H and O–H groups in total. The highest BCUT2D eigenvalue weighted by Gasteiger charge is 2.57. The van der Waals surface area contributed by atoms with Crippen molar-refractivity contribution in [2.24, 2.45) is 0 Å². The molecule has 0 unspecified atom stereocenters. The zero-order chi connectivity index (χ0) is 21.3. The number of ether oxygens (including phenoxy) is 3. The van der Waals surface area contributed by atoms with Crippen LogP contribution in [0.1, 0.15) is 43.9 Å². The summed E-state index contributed by atoms with van der Waals surface area (Å²) in [6, 6.07) is 5.08. The lowest BCUT2D eigenvalue weighted by molar-refractivity contribution is -0.0900. The highest BCUT2D eigenvalue weighted by atomic mass is 16.7. The van der Waals surface area contributed by atoms with E-state index < -0.39 is 36.7 Å². The maximum absolute atomic E-state index is 12.0. The number of carbonyl (C=O) groups excluding carboxylic acids is 1. The molecule has 0 aromatic carbocycles. The summed E-state index contributed by atoms with van der Waals surface area (Å²) in [6.45, 7) is -0.593. The van der Waals surface area contributed by atoms with Crippen LogP contribution in [0.15, 0.2) is 18.5 Å². The number of aliphatic hydroxyl groups excluding tert-OH is 2. The molecule has 2 aliphatic rings. The smallest absolute Gasteiger partial charge is 0.431 e. The maximum Gasteiger partial charge on any atom is 0.508 e. The summed E-state index contributed by atoms with van der Waals surface area (Å²) < 4.78 is 17.5. The van der Waals surface area contributed by atoms with Gasteiger partial charge in [-0.2, -0.15) is 10.4 Å². The predicted molar refractivity (Wildman–Crippen MR) is 101 cm³/mol. The third kappa shape index (κ3) is 3.54. The zero-order valence-corrected chi connectivity index (χ0v) is 16.2. The topological polar surface area (TPSA) is 165 Å². The van der Waals surface area contributed by atoms with Gasteiger partial charge in [-0.3, -0.25) is 0 Å². The standard InChI is InChI=1S/C19H23N5O6/c20-8-19(9-28-18(27)29-11-4-2-1-3-5-11)16(26)14(25)15(30-19)12-6-7-13-17(21)22-10-23-24(12)13/h6-7,10-11,14-16,25-26H,1-5,9H2,(H2,21,22,23)/t14-,15-,16-,19+/m0/s1. The summed E-state index contributed by atoms with van der Waals surface area (Å²) in [7, 11) is 0. The van der Waals surface area contributed by atoms with Gasteiger partial charge in [0.1, 0.15) is 48.9 Å². The number of nitrogens with two attached hydrogens (primary N) is 1. The molecule has 1 aliphatic carbocycles. The SMILES string of the molecule is N#C[C@]1(COC(=O)OC2CCCCC2)O[C@@H](c2ccc3c(N)ncnn23)[C@H](O)[C@@H]1O. The van der Waals surface area contributed by atoms with Gasteiger partial charge in [0.15, 0.2) is 5.82 Å². The van der Waals surface area contributed by atoms with Crippen molar-refractivity contribution in [3.05, 3.63) is 24.2 Å². The summed E-state index contributed by atoms with van der Waals surface area (Å²) >= 11 is 0. The Morgan fingerprint density at radius 3 is 2.87 bits per heavy atom. The second-order valence-corrected chi connectivity index (χ2v) is 7.59. The lowest BCUT2D eigenvalue weighted by Crippen LogP contribution is -2.46. The molecule has 11 nitrogen and oxygen atoms in total. The van der Waals surface area contributed by atoms with Crippen LogP contribution in [-0.4, -0.2) is 61.5 Å². The summed E-state index contributed by atoms with van der Waals surface area (Å²) in [6.07, 6.45) is 0.515.